The Labute approximate surface area is 109 Å². The maximum atomic E-state index is 9.53. The van der Waals surface area contributed by atoms with Crippen LogP contribution in [0.25, 0.3) is 0 Å². The molecule has 0 amide bonds. The molecule has 1 saturated carbocycles. The molecule has 1 aliphatic carbocycles. The lowest BCUT2D eigenvalue weighted by Gasteiger charge is -2.29. The second kappa shape index (κ2) is 5.85. The van der Waals surface area contributed by atoms with E-state index in [4.69, 9.17) is 0 Å². The van der Waals surface area contributed by atoms with Gasteiger partial charge in [0.2, 0.25) is 0 Å². The summed E-state index contributed by atoms with van der Waals surface area (Å²) in [4.78, 5) is 4.23. The van der Waals surface area contributed by atoms with Crippen LogP contribution in [0.15, 0.2) is 12.5 Å². The number of nitrogens with one attached hydrogen (secondary N) is 1. The van der Waals surface area contributed by atoms with Crippen molar-refractivity contribution in [1.82, 2.24) is 14.9 Å². The highest BCUT2D eigenvalue weighted by atomic mass is 16.3. The van der Waals surface area contributed by atoms with Gasteiger partial charge in [-0.15, -0.1) is 0 Å². The molecule has 18 heavy (non-hydrogen) atoms. The predicted octanol–water partition coefficient (Wildman–Crippen LogP) is 2.11. The van der Waals surface area contributed by atoms with Crippen LogP contribution in [0.2, 0.25) is 0 Å². The first-order valence-corrected chi connectivity index (χ1v) is 7.07. The summed E-state index contributed by atoms with van der Waals surface area (Å²) >= 11 is 0. The van der Waals surface area contributed by atoms with Crippen LogP contribution in [0, 0.1) is 5.41 Å². The van der Waals surface area contributed by atoms with Crippen LogP contribution in [0.5, 0.6) is 0 Å². The summed E-state index contributed by atoms with van der Waals surface area (Å²) in [6, 6.07) is 0.684. The summed E-state index contributed by atoms with van der Waals surface area (Å²) in [7, 11) is 0. The van der Waals surface area contributed by atoms with Crippen molar-refractivity contribution in [3.05, 3.63) is 18.2 Å². The van der Waals surface area contributed by atoms with E-state index in [0.717, 1.165) is 25.9 Å². The van der Waals surface area contributed by atoms with Crippen LogP contribution in [-0.4, -0.2) is 27.8 Å². The SMILES string of the molecule is CCC(CC)(CO)CNCc1cncn1C1CC1. The van der Waals surface area contributed by atoms with Crippen LogP contribution in [0.4, 0.5) is 0 Å². The molecule has 0 radical (unpaired) electrons. The quantitative estimate of drug-likeness (QED) is 0.744. The van der Waals surface area contributed by atoms with Gasteiger partial charge in [0.25, 0.3) is 0 Å². The lowest BCUT2D eigenvalue weighted by molar-refractivity contribution is 0.113. The van der Waals surface area contributed by atoms with E-state index in [1.807, 2.05) is 12.5 Å². The monoisotopic (exact) mass is 251 g/mol. The van der Waals surface area contributed by atoms with E-state index in [1.54, 1.807) is 0 Å². The molecule has 0 bridgehead atoms. The Balaban J connectivity index is 1.85. The fourth-order valence-electron chi connectivity index (χ4n) is 2.39. The van der Waals surface area contributed by atoms with Crippen LogP contribution in [0.1, 0.15) is 51.3 Å². The molecule has 4 nitrogen and oxygen atoms in total. The molecule has 4 heteroatoms. The first-order valence-electron chi connectivity index (χ1n) is 7.07. The van der Waals surface area contributed by atoms with E-state index in [1.165, 1.54) is 18.5 Å². The van der Waals surface area contributed by atoms with E-state index < -0.39 is 0 Å². The van der Waals surface area contributed by atoms with E-state index in [2.05, 4.69) is 28.7 Å². The van der Waals surface area contributed by atoms with Crippen LogP contribution in [0.3, 0.4) is 0 Å². The Morgan fingerprint density at radius 2 is 2.17 bits per heavy atom. The van der Waals surface area contributed by atoms with Gasteiger partial charge < -0.3 is 15.0 Å². The summed E-state index contributed by atoms with van der Waals surface area (Å²) in [6.07, 6.45) is 8.48. The van der Waals surface area contributed by atoms with Gasteiger partial charge in [-0.1, -0.05) is 13.8 Å². The third-order valence-corrected chi connectivity index (χ3v) is 4.33. The standard InChI is InChI=1S/C14H25N3O/c1-3-14(4-2,10-18)9-15-7-13-8-16-11-17(13)12-5-6-12/h8,11-12,15,18H,3-7,9-10H2,1-2H3. The number of hydrogen-bond donors (Lipinski definition) is 2. The Morgan fingerprint density at radius 1 is 1.44 bits per heavy atom. The molecular formula is C14H25N3O. The molecule has 0 unspecified atom stereocenters. The zero-order chi connectivity index (χ0) is 13.0. The molecule has 1 aromatic rings. The van der Waals surface area contributed by atoms with Crippen molar-refractivity contribution in [2.24, 2.45) is 5.41 Å². The molecule has 1 aliphatic rings. The smallest absolute Gasteiger partial charge is 0.0951 e. The Hall–Kier alpha value is -0.870. The molecule has 0 spiro atoms. The van der Waals surface area contributed by atoms with Gasteiger partial charge in [0, 0.05) is 37.4 Å². The first kappa shape index (κ1) is 13.6. The van der Waals surface area contributed by atoms with Crippen molar-refractivity contribution in [3.8, 4) is 0 Å². The van der Waals surface area contributed by atoms with Gasteiger partial charge >= 0.3 is 0 Å². The number of aliphatic hydroxyl groups is 1. The molecule has 0 atom stereocenters. The molecule has 1 fully saturated rings. The number of aromatic nitrogens is 2. The Morgan fingerprint density at radius 3 is 2.72 bits per heavy atom. The minimum Gasteiger partial charge on any atom is -0.396 e. The average molecular weight is 251 g/mol. The molecule has 2 rings (SSSR count). The normalized spacial score (nSPS) is 16.2. The first-order chi connectivity index (χ1) is 8.74. The van der Waals surface area contributed by atoms with Crippen molar-refractivity contribution in [3.63, 3.8) is 0 Å². The van der Waals surface area contributed by atoms with Crippen molar-refractivity contribution in [2.75, 3.05) is 13.2 Å². The predicted molar refractivity (Wildman–Crippen MR) is 72.3 cm³/mol. The fourth-order valence-corrected chi connectivity index (χ4v) is 2.39. The summed E-state index contributed by atoms with van der Waals surface area (Å²) in [5.74, 6) is 0. The highest BCUT2D eigenvalue weighted by Gasteiger charge is 2.26. The molecule has 0 saturated heterocycles. The third kappa shape index (κ3) is 2.93. The maximum Gasteiger partial charge on any atom is 0.0951 e. The summed E-state index contributed by atoms with van der Waals surface area (Å²) in [5.41, 5.74) is 1.29. The second-order valence-electron chi connectivity index (χ2n) is 5.49. The third-order valence-electron chi connectivity index (χ3n) is 4.33. The summed E-state index contributed by atoms with van der Waals surface area (Å²) in [5, 5.41) is 13.0. The fraction of sp³-hybridized carbons (Fsp3) is 0.786. The van der Waals surface area contributed by atoms with Crippen LogP contribution < -0.4 is 5.32 Å². The number of imidazole rings is 1. The van der Waals surface area contributed by atoms with Gasteiger partial charge in [0.15, 0.2) is 0 Å². The highest BCUT2D eigenvalue weighted by molar-refractivity contribution is 5.03. The molecule has 102 valence electrons. The van der Waals surface area contributed by atoms with Crippen LogP contribution >= 0.6 is 0 Å². The van der Waals surface area contributed by atoms with Crippen molar-refractivity contribution >= 4 is 0 Å². The zero-order valence-electron chi connectivity index (χ0n) is 11.5. The second-order valence-corrected chi connectivity index (χ2v) is 5.49. The minimum atomic E-state index is 0.0322. The number of aliphatic hydroxyl groups excluding tert-OH is 1. The lowest BCUT2D eigenvalue weighted by atomic mass is 9.83. The average Bonchev–Trinajstić information content (AvgIpc) is 3.15. The van der Waals surface area contributed by atoms with Crippen molar-refractivity contribution in [1.29, 1.82) is 0 Å². The lowest BCUT2D eigenvalue weighted by Crippen LogP contribution is -2.36. The summed E-state index contributed by atoms with van der Waals surface area (Å²) < 4.78 is 2.28. The summed E-state index contributed by atoms with van der Waals surface area (Å²) in [6.45, 7) is 6.27. The van der Waals surface area contributed by atoms with E-state index >= 15 is 0 Å². The number of hydrogen-bond acceptors (Lipinski definition) is 3. The molecule has 1 heterocycles. The molecule has 1 aromatic heterocycles. The van der Waals surface area contributed by atoms with E-state index in [-0.39, 0.29) is 12.0 Å². The Kier molecular flexibility index (Phi) is 4.40. The van der Waals surface area contributed by atoms with Gasteiger partial charge in [0.1, 0.15) is 0 Å². The van der Waals surface area contributed by atoms with E-state index in [0.29, 0.717) is 6.04 Å². The molecular weight excluding hydrogens is 226 g/mol. The topological polar surface area (TPSA) is 50.1 Å². The van der Waals surface area contributed by atoms with Gasteiger partial charge in [-0.05, 0) is 25.7 Å². The number of nitrogens with zero attached hydrogens (tertiary/aromatic N) is 2. The largest absolute Gasteiger partial charge is 0.396 e. The van der Waals surface area contributed by atoms with Gasteiger partial charge in [-0.3, -0.25) is 0 Å². The van der Waals surface area contributed by atoms with Gasteiger partial charge in [-0.2, -0.15) is 0 Å². The van der Waals surface area contributed by atoms with Gasteiger partial charge in [-0.25, -0.2) is 4.98 Å². The van der Waals surface area contributed by atoms with Crippen molar-refractivity contribution in [2.45, 2.75) is 52.1 Å². The minimum absolute atomic E-state index is 0.0322. The van der Waals surface area contributed by atoms with Crippen LogP contribution in [-0.2, 0) is 6.54 Å². The molecule has 0 aliphatic heterocycles. The Bertz CT molecular complexity index is 359. The number of rotatable bonds is 8. The maximum absolute atomic E-state index is 9.53. The zero-order valence-corrected chi connectivity index (χ0v) is 11.5. The van der Waals surface area contributed by atoms with Gasteiger partial charge in [0.05, 0.1) is 12.0 Å². The molecule has 2 N–H and O–H groups in total. The molecule has 0 aromatic carbocycles. The van der Waals surface area contributed by atoms with Crippen molar-refractivity contribution < 1.29 is 5.11 Å². The van der Waals surface area contributed by atoms with E-state index in [9.17, 15) is 5.11 Å². The highest BCUT2D eigenvalue weighted by Crippen LogP contribution is 2.35.